The maximum Gasteiger partial charge on any atom is 0.0426 e. The molecule has 0 atom stereocenters. The molecule has 0 aliphatic rings. The number of hydrogen-bond acceptors (Lipinski definition) is 1. The van der Waals surface area contributed by atoms with Crippen molar-refractivity contribution < 1.29 is 0 Å². The van der Waals surface area contributed by atoms with Gasteiger partial charge in [0.15, 0.2) is 0 Å². The minimum absolute atomic E-state index is 0.569. The third-order valence-electron chi connectivity index (χ3n) is 1.12. The first-order valence-corrected chi connectivity index (χ1v) is 3.69. The lowest BCUT2D eigenvalue weighted by Crippen LogP contribution is -1.72. The van der Waals surface area contributed by atoms with Crippen LogP contribution in [-0.4, -0.2) is 5.87 Å². The summed E-state index contributed by atoms with van der Waals surface area (Å²) in [5, 5.41) is 7.83. The summed E-state index contributed by atoms with van der Waals surface area (Å²) in [6.45, 7) is 0. The van der Waals surface area contributed by atoms with Crippen molar-refractivity contribution in [2.75, 3.05) is 0 Å². The van der Waals surface area contributed by atoms with Crippen molar-refractivity contribution in [3.05, 3.63) is 33.8 Å². The van der Waals surface area contributed by atoms with E-state index in [-0.39, 0.29) is 0 Å². The molecule has 0 heterocycles. The summed E-state index contributed by atoms with van der Waals surface area (Å²) in [5.74, 6) is 2.15. The third-order valence-corrected chi connectivity index (χ3v) is 1.56. The van der Waals surface area contributed by atoms with E-state index in [1.807, 2.05) is 0 Å². The van der Waals surface area contributed by atoms with Crippen LogP contribution in [0.3, 0.4) is 0 Å². The van der Waals surface area contributed by atoms with Gasteiger partial charge in [-0.15, -0.1) is 0 Å². The fourth-order valence-electron chi connectivity index (χ4n) is 0.742. The maximum absolute atomic E-state index is 6.69. The Labute approximate surface area is 74.8 Å². The second kappa shape index (κ2) is 3.59. The Hall–Kier alpha value is -0.750. The first-order chi connectivity index (χ1) is 5.22. The highest BCUT2D eigenvalue weighted by Crippen LogP contribution is 2.19. The van der Waals surface area contributed by atoms with Gasteiger partial charge in [0.05, 0.1) is 0 Å². The molecule has 1 aromatic rings. The lowest BCUT2D eigenvalue weighted by molar-refractivity contribution is 1.59. The molecule has 0 saturated heterocycles. The van der Waals surface area contributed by atoms with E-state index in [2.05, 4.69) is 5.87 Å². The molecule has 3 heteroatoms. The zero-order valence-corrected chi connectivity index (χ0v) is 7.08. The zero-order valence-electron chi connectivity index (χ0n) is 5.57. The smallest absolute Gasteiger partial charge is 0.0426 e. The van der Waals surface area contributed by atoms with Gasteiger partial charge in [0, 0.05) is 16.1 Å². The lowest BCUT2D eigenvalue weighted by atomic mass is 10.2. The molecule has 0 radical (unpaired) electrons. The van der Waals surface area contributed by atoms with Crippen molar-refractivity contribution in [2.45, 2.75) is 0 Å². The fourth-order valence-corrected chi connectivity index (χ4v) is 1.28. The van der Waals surface area contributed by atoms with E-state index in [4.69, 9.17) is 28.6 Å². The monoisotopic (exact) mass is 185 g/mol. The van der Waals surface area contributed by atoms with E-state index in [0.29, 0.717) is 10.0 Å². The van der Waals surface area contributed by atoms with Gasteiger partial charge >= 0.3 is 0 Å². The zero-order chi connectivity index (χ0) is 8.27. The van der Waals surface area contributed by atoms with E-state index in [9.17, 15) is 0 Å². The van der Waals surface area contributed by atoms with Crippen LogP contribution in [0, 0.1) is 5.41 Å². The van der Waals surface area contributed by atoms with Crippen LogP contribution in [0.1, 0.15) is 5.56 Å². The minimum atomic E-state index is 0.569. The van der Waals surface area contributed by atoms with E-state index in [0.717, 1.165) is 5.56 Å². The van der Waals surface area contributed by atoms with Crippen molar-refractivity contribution in [3.8, 4) is 0 Å². The molecule has 0 bridgehead atoms. The Morgan fingerprint density at radius 1 is 1.18 bits per heavy atom. The predicted octanol–water partition coefficient (Wildman–Crippen LogP) is 3.26. The van der Waals surface area contributed by atoms with Crippen LogP contribution in [0.25, 0.3) is 6.08 Å². The summed E-state index contributed by atoms with van der Waals surface area (Å²) < 4.78 is 0. The second-order valence-corrected chi connectivity index (χ2v) is 2.86. The minimum Gasteiger partial charge on any atom is -0.259 e. The highest BCUT2D eigenvalue weighted by Gasteiger charge is 1.93. The number of hydrogen-bond donors (Lipinski definition) is 1. The normalized spacial score (nSPS) is 8.91. The molecular formula is C8H5Cl2N. The van der Waals surface area contributed by atoms with Crippen molar-refractivity contribution in [2.24, 2.45) is 0 Å². The largest absolute Gasteiger partial charge is 0.259 e. The fraction of sp³-hybridized carbons (Fsp3) is 0. The van der Waals surface area contributed by atoms with Gasteiger partial charge in [0.25, 0.3) is 0 Å². The topological polar surface area (TPSA) is 23.9 Å². The Balaban J connectivity index is 3.18. The van der Waals surface area contributed by atoms with Gasteiger partial charge in [0.2, 0.25) is 0 Å². The number of benzene rings is 1. The standard InChI is InChI=1S/C8H5Cl2N/c9-7-3-6(1-2-11)4-8(10)5-7/h1,3-5,11H. The van der Waals surface area contributed by atoms with Crippen molar-refractivity contribution in [1.82, 2.24) is 0 Å². The molecule has 0 aromatic heterocycles. The predicted molar refractivity (Wildman–Crippen MR) is 48.7 cm³/mol. The summed E-state index contributed by atoms with van der Waals surface area (Å²) in [6.07, 6.45) is 1.50. The quantitative estimate of drug-likeness (QED) is 0.651. The van der Waals surface area contributed by atoms with Gasteiger partial charge in [-0.1, -0.05) is 23.2 Å². The van der Waals surface area contributed by atoms with Crippen LogP contribution in [0.5, 0.6) is 0 Å². The molecule has 0 amide bonds. The van der Waals surface area contributed by atoms with E-state index in [1.54, 1.807) is 18.2 Å². The Morgan fingerprint density at radius 2 is 1.73 bits per heavy atom. The average Bonchev–Trinajstić information content (AvgIpc) is 1.85. The highest BCUT2D eigenvalue weighted by molar-refractivity contribution is 6.34. The molecular weight excluding hydrogens is 181 g/mol. The SMILES string of the molecule is N=C=Cc1cc(Cl)cc(Cl)c1. The summed E-state index contributed by atoms with van der Waals surface area (Å²) in [6, 6.07) is 5.08. The molecule has 0 spiro atoms. The van der Waals surface area contributed by atoms with E-state index >= 15 is 0 Å². The summed E-state index contributed by atoms with van der Waals surface area (Å²) >= 11 is 11.4. The van der Waals surface area contributed by atoms with Crippen LogP contribution < -0.4 is 0 Å². The molecule has 0 unspecified atom stereocenters. The van der Waals surface area contributed by atoms with Crippen LogP contribution in [-0.2, 0) is 0 Å². The molecule has 11 heavy (non-hydrogen) atoms. The molecule has 1 nitrogen and oxygen atoms in total. The number of rotatable bonds is 1. The van der Waals surface area contributed by atoms with Gasteiger partial charge in [0.1, 0.15) is 0 Å². The molecule has 0 aliphatic heterocycles. The molecule has 56 valence electrons. The molecule has 0 aliphatic carbocycles. The Bertz CT molecular complexity index is 294. The van der Waals surface area contributed by atoms with Gasteiger partial charge in [-0.3, -0.25) is 5.41 Å². The Kier molecular flexibility index (Phi) is 2.72. The maximum atomic E-state index is 6.69. The molecule has 0 fully saturated rings. The summed E-state index contributed by atoms with van der Waals surface area (Å²) in [4.78, 5) is 0. The van der Waals surface area contributed by atoms with Gasteiger partial charge in [-0.05, 0) is 29.6 Å². The van der Waals surface area contributed by atoms with Crippen molar-refractivity contribution in [1.29, 1.82) is 5.41 Å². The van der Waals surface area contributed by atoms with Crippen molar-refractivity contribution in [3.63, 3.8) is 0 Å². The average molecular weight is 186 g/mol. The van der Waals surface area contributed by atoms with Crippen LogP contribution in [0.4, 0.5) is 0 Å². The van der Waals surface area contributed by atoms with E-state index < -0.39 is 0 Å². The molecule has 1 rings (SSSR count). The summed E-state index contributed by atoms with van der Waals surface area (Å²) in [5.41, 5.74) is 0.789. The lowest BCUT2D eigenvalue weighted by Gasteiger charge is -1.94. The Morgan fingerprint density at radius 3 is 2.18 bits per heavy atom. The van der Waals surface area contributed by atoms with Gasteiger partial charge in [-0.25, -0.2) is 0 Å². The molecule has 1 N–H and O–H groups in total. The van der Waals surface area contributed by atoms with Crippen molar-refractivity contribution >= 4 is 35.1 Å². The molecule has 1 aromatic carbocycles. The molecule has 0 saturated carbocycles. The van der Waals surface area contributed by atoms with Crippen LogP contribution in [0.2, 0.25) is 10.0 Å². The van der Waals surface area contributed by atoms with Gasteiger partial charge in [-0.2, -0.15) is 0 Å². The van der Waals surface area contributed by atoms with Crippen LogP contribution >= 0.6 is 23.2 Å². The third kappa shape index (κ3) is 2.39. The second-order valence-electron chi connectivity index (χ2n) is 1.99. The number of nitrogens with one attached hydrogen (secondary N) is 1. The number of halogens is 2. The van der Waals surface area contributed by atoms with E-state index in [1.165, 1.54) is 6.08 Å². The highest BCUT2D eigenvalue weighted by atomic mass is 35.5. The summed E-state index contributed by atoms with van der Waals surface area (Å²) in [7, 11) is 0. The van der Waals surface area contributed by atoms with Gasteiger partial charge < -0.3 is 0 Å². The first kappa shape index (κ1) is 8.35. The van der Waals surface area contributed by atoms with Crippen LogP contribution in [0.15, 0.2) is 18.2 Å². The first-order valence-electron chi connectivity index (χ1n) is 2.94.